The minimum atomic E-state index is -2.06. The summed E-state index contributed by atoms with van der Waals surface area (Å²) < 4.78 is 12.7. The molecule has 5 heteroatoms. The Balaban J connectivity index is 2.18. The predicted molar refractivity (Wildman–Crippen MR) is 120 cm³/mol. The Hall–Kier alpha value is -1.70. The summed E-state index contributed by atoms with van der Waals surface area (Å²) in [6.45, 7) is 15.4. The molecule has 1 saturated carbocycles. The highest BCUT2D eigenvalue weighted by Gasteiger charge is 2.40. The zero-order chi connectivity index (χ0) is 20.7. The molecule has 0 N–H and O–H groups in total. The maximum Gasteiger partial charge on any atom is 0.252 e. The van der Waals surface area contributed by atoms with Crippen LogP contribution in [0.3, 0.4) is 0 Å². The first-order chi connectivity index (χ1) is 13.0. The van der Waals surface area contributed by atoms with Crippen LogP contribution in [-0.2, 0) is 0 Å². The van der Waals surface area contributed by atoms with Gasteiger partial charge in [0.25, 0.3) is 8.32 Å². The number of fused-ring (bicyclic) bond motifs is 1. The average molecular weight is 416 g/mol. The molecule has 0 saturated heterocycles. The first-order valence-corrected chi connectivity index (χ1v) is 13.3. The Bertz CT molecular complexity index is 947. The summed E-state index contributed by atoms with van der Waals surface area (Å²) in [6.07, 6.45) is 5.25. The minimum Gasteiger partial charge on any atom is -0.530 e. The van der Waals surface area contributed by atoms with Crippen LogP contribution >= 0.6 is 11.6 Å². The first-order valence-electron chi connectivity index (χ1n) is 9.99. The molecule has 0 bridgehead atoms. The molecule has 0 radical (unpaired) electrons. The molecule has 2 aromatic rings. The third kappa shape index (κ3) is 4.47. The Labute approximate surface area is 174 Å². The van der Waals surface area contributed by atoms with Crippen LogP contribution in [0.15, 0.2) is 18.2 Å². The van der Waals surface area contributed by atoms with Crippen molar-refractivity contribution in [2.24, 2.45) is 5.92 Å². The second-order valence-corrected chi connectivity index (χ2v) is 14.6. The molecule has 1 aromatic heterocycles. The molecule has 3 rings (SSSR count). The molecule has 28 heavy (non-hydrogen) atoms. The molecule has 1 aliphatic carbocycles. The minimum absolute atomic E-state index is 0.0741. The quantitative estimate of drug-likeness (QED) is 0.392. The molecule has 1 aliphatic rings. The number of halogens is 1. The lowest BCUT2D eigenvalue weighted by Gasteiger charge is -2.37. The summed E-state index contributed by atoms with van der Waals surface area (Å²) in [5, 5.41) is 1.61. The van der Waals surface area contributed by atoms with Gasteiger partial charge in [-0.1, -0.05) is 52.1 Å². The van der Waals surface area contributed by atoms with Crippen LogP contribution < -0.4 is 9.16 Å². The fourth-order valence-corrected chi connectivity index (χ4v) is 3.80. The van der Waals surface area contributed by atoms with Crippen molar-refractivity contribution in [2.45, 2.75) is 71.5 Å². The van der Waals surface area contributed by atoms with E-state index in [4.69, 9.17) is 25.7 Å². The van der Waals surface area contributed by atoms with E-state index in [1.807, 2.05) is 18.2 Å². The van der Waals surface area contributed by atoms with E-state index < -0.39 is 8.32 Å². The van der Waals surface area contributed by atoms with Gasteiger partial charge in [0.2, 0.25) is 5.88 Å². The van der Waals surface area contributed by atoms with E-state index in [9.17, 15) is 0 Å². The highest BCUT2D eigenvalue weighted by atomic mass is 35.5. The van der Waals surface area contributed by atoms with E-state index in [-0.39, 0.29) is 11.0 Å². The van der Waals surface area contributed by atoms with Crippen molar-refractivity contribution in [3.8, 4) is 23.7 Å². The third-order valence-corrected chi connectivity index (χ3v) is 10.2. The molecular weight excluding hydrogens is 386 g/mol. The van der Waals surface area contributed by atoms with Crippen molar-refractivity contribution in [1.82, 2.24) is 4.98 Å². The van der Waals surface area contributed by atoms with Crippen molar-refractivity contribution in [3.05, 3.63) is 28.8 Å². The fraction of sp³-hybridized carbons (Fsp3) is 0.522. The zero-order valence-corrected chi connectivity index (χ0v) is 19.7. The molecule has 3 nitrogen and oxygen atoms in total. The van der Waals surface area contributed by atoms with E-state index in [1.165, 1.54) is 0 Å². The van der Waals surface area contributed by atoms with Crippen LogP contribution in [0.5, 0.6) is 11.6 Å². The maximum absolute atomic E-state index is 6.64. The van der Waals surface area contributed by atoms with Crippen LogP contribution in [0.2, 0.25) is 23.2 Å². The second kappa shape index (κ2) is 7.61. The van der Waals surface area contributed by atoms with E-state index in [0.29, 0.717) is 16.8 Å². The van der Waals surface area contributed by atoms with Gasteiger partial charge in [0.1, 0.15) is 6.11 Å². The summed E-state index contributed by atoms with van der Waals surface area (Å²) in [4.78, 5) is 4.88. The van der Waals surface area contributed by atoms with Gasteiger partial charge in [-0.15, -0.1) is 0 Å². The molecule has 0 atom stereocenters. The number of nitrogens with zero attached hydrogens (tertiary/aromatic N) is 1. The number of hydrogen-bond donors (Lipinski definition) is 0. The highest BCUT2D eigenvalue weighted by molar-refractivity contribution is 6.74. The molecule has 0 aliphatic heterocycles. The van der Waals surface area contributed by atoms with Gasteiger partial charge in [0, 0.05) is 16.3 Å². The predicted octanol–water partition coefficient (Wildman–Crippen LogP) is 7.15. The number of ether oxygens (including phenoxy) is 1. The monoisotopic (exact) mass is 415 g/mol. The van der Waals surface area contributed by atoms with Crippen molar-refractivity contribution in [2.75, 3.05) is 0 Å². The molecular formula is C23H30ClNO2Si. The zero-order valence-electron chi connectivity index (χ0n) is 17.9. The van der Waals surface area contributed by atoms with Gasteiger partial charge in [0.05, 0.1) is 11.1 Å². The molecule has 1 heterocycles. The molecule has 1 fully saturated rings. The lowest BCUT2D eigenvalue weighted by atomic mass is 10.0. The van der Waals surface area contributed by atoms with Crippen LogP contribution in [0.4, 0.5) is 0 Å². The average Bonchev–Trinajstić information content (AvgIpc) is 3.37. The van der Waals surface area contributed by atoms with Crippen molar-refractivity contribution >= 4 is 30.8 Å². The topological polar surface area (TPSA) is 31.4 Å². The Morgan fingerprint density at radius 1 is 1.21 bits per heavy atom. The van der Waals surface area contributed by atoms with Crippen molar-refractivity contribution in [3.63, 3.8) is 0 Å². The molecule has 0 spiro atoms. The first kappa shape index (κ1) is 21.0. The van der Waals surface area contributed by atoms with E-state index in [0.717, 1.165) is 35.1 Å². The van der Waals surface area contributed by atoms with Gasteiger partial charge in [-0.25, -0.2) is 4.98 Å². The largest absolute Gasteiger partial charge is 0.530 e. The lowest BCUT2D eigenvalue weighted by molar-refractivity contribution is 0.456. The van der Waals surface area contributed by atoms with Crippen LogP contribution in [-0.4, -0.2) is 13.3 Å². The summed E-state index contributed by atoms with van der Waals surface area (Å²) in [6, 6.07) is 5.67. The SMILES string of the molecule is CC(C)c1c(O[Si](C)(C)C(C)(C)C)nc2ccc(Cl)cc2c1OC#CC1CC1. The number of rotatable bonds is 4. The van der Waals surface area contributed by atoms with Gasteiger partial charge in [0.15, 0.2) is 5.75 Å². The summed E-state index contributed by atoms with van der Waals surface area (Å²) in [5.74, 6) is 5.23. The van der Waals surface area contributed by atoms with Gasteiger partial charge in [-0.2, -0.15) is 0 Å². The summed E-state index contributed by atoms with van der Waals surface area (Å²) in [5.41, 5.74) is 1.77. The van der Waals surface area contributed by atoms with Gasteiger partial charge >= 0.3 is 0 Å². The normalized spacial score (nSPS) is 14.8. The molecule has 150 valence electrons. The summed E-state index contributed by atoms with van der Waals surface area (Å²) >= 11 is 6.28. The maximum atomic E-state index is 6.64. The Morgan fingerprint density at radius 3 is 2.46 bits per heavy atom. The molecule has 0 unspecified atom stereocenters. The van der Waals surface area contributed by atoms with E-state index >= 15 is 0 Å². The van der Waals surface area contributed by atoms with E-state index in [2.05, 4.69) is 59.7 Å². The van der Waals surface area contributed by atoms with Gasteiger partial charge in [-0.05, 0) is 55.1 Å². The van der Waals surface area contributed by atoms with Gasteiger partial charge in [-0.3, -0.25) is 0 Å². The van der Waals surface area contributed by atoms with Crippen molar-refractivity contribution in [1.29, 1.82) is 0 Å². The fourth-order valence-electron chi connectivity index (χ4n) is 2.68. The number of hydrogen-bond acceptors (Lipinski definition) is 3. The van der Waals surface area contributed by atoms with E-state index in [1.54, 1.807) is 0 Å². The standard InChI is InChI=1S/C23H30ClNO2Si/c1-15(2)20-21(26-13-12-16-8-9-16)18-14-17(24)10-11-19(18)25-22(20)27-28(6,7)23(3,4)5/h10-11,14-16H,8-9H2,1-7H3. The third-order valence-electron chi connectivity index (χ3n) is 5.63. The Morgan fingerprint density at radius 2 is 1.89 bits per heavy atom. The number of pyridine rings is 1. The highest BCUT2D eigenvalue weighted by Crippen LogP contribution is 2.44. The number of aromatic nitrogens is 1. The smallest absolute Gasteiger partial charge is 0.252 e. The lowest BCUT2D eigenvalue weighted by Crippen LogP contribution is -2.44. The van der Waals surface area contributed by atoms with Crippen molar-refractivity contribution < 1.29 is 9.16 Å². The molecule has 1 aromatic carbocycles. The van der Waals surface area contributed by atoms with Gasteiger partial charge < -0.3 is 9.16 Å². The second-order valence-electron chi connectivity index (χ2n) is 9.46. The Kier molecular flexibility index (Phi) is 5.71. The summed E-state index contributed by atoms with van der Waals surface area (Å²) in [7, 11) is -2.06. The number of benzene rings is 1. The van der Waals surface area contributed by atoms with Crippen LogP contribution in [0.25, 0.3) is 10.9 Å². The van der Waals surface area contributed by atoms with Crippen LogP contribution in [0, 0.1) is 17.9 Å². The molecule has 0 amide bonds. The van der Waals surface area contributed by atoms with Crippen LogP contribution in [0.1, 0.15) is 58.9 Å².